The average molecular weight is 250 g/mol. The van der Waals surface area contributed by atoms with E-state index in [2.05, 4.69) is 32.6 Å². The summed E-state index contributed by atoms with van der Waals surface area (Å²) in [6, 6.07) is 14.4. The third-order valence-electron chi connectivity index (χ3n) is 2.98. The van der Waals surface area contributed by atoms with Gasteiger partial charge in [-0.1, -0.05) is 30.3 Å². The largest absolute Gasteiger partial charge is 0.372 e. The molecule has 0 aliphatic heterocycles. The lowest BCUT2D eigenvalue weighted by Gasteiger charge is -2.19. The van der Waals surface area contributed by atoms with Gasteiger partial charge in [-0.05, 0) is 23.3 Å². The third kappa shape index (κ3) is 2.63. The highest BCUT2D eigenvalue weighted by Crippen LogP contribution is 2.25. The molecule has 0 aliphatic carbocycles. The van der Waals surface area contributed by atoms with Crippen LogP contribution in [-0.4, -0.2) is 15.2 Å². The fourth-order valence-electron chi connectivity index (χ4n) is 2.06. The predicted molar refractivity (Wildman–Crippen MR) is 74.7 cm³/mol. The van der Waals surface area contributed by atoms with E-state index in [1.54, 1.807) is 6.20 Å². The minimum absolute atomic E-state index is 0.0850. The van der Waals surface area contributed by atoms with Crippen molar-refractivity contribution in [1.29, 1.82) is 0 Å². The molecule has 4 heteroatoms. The lowest BCUT2D eigenvalue weighted by Crippen LogP contribution is -2.11. The van der Waals surface area contributed by atoms with Crippen molar-refractivity contribution in [2.45, 2.75) is 6.04 Å². The molecule has 1 aromatic carbocycles. The summed E-state index contributed by atoms with van der Waals surface area (Å²) < 4.78 is 0. The topological polar surface area (TPSA) is 53.6 Å². The average Bonchev–Trinajstić information content (AvgIpc) is 3.00. The van der Waals surface area contributed by atoms with Gasteiger partial charge in [-0.2, -0.15) is 5.10 Å². The monoisotopic (exact) mass is 250 g/mol. The van der Waals surface area contributed by atoms with Crippen molar-refractivity contribution in [2.75, 3.05) is 5.32 Å². The number of anilines is 1. The number of hydrogen-bond donors (Lipinski definition) is 2. The number of hydrogen-bond acceptors (Lipinski definition) is 3. The molecule has 94 valence electrons. The maximum absolute atomic E-state index is 4.07. The second-order valence-electron chi connectivity index (χ2n) is 4.26. The van der Waals surface area contributed by atoms with Crippen LogP contribution >= 0.6 is 0 Å². The van der Waals surface area contributed by atoms with Crippen LogP contribution in [0.3, 0.4) is 0 Å². The van der Waals surface area contributed by atoms with E-state index in [1.807, 2.05) is 48.9 Å². The van der Waals surface area contributed by atoms with Crippen LogP contribution in [0.25, 0.3) is 0 Å². The molecule has 0 aliphatic rings. The standard InChI is InChI=1S/C15H14N4/c1-2-4-12(5-3-1)15(13-6-8-16-9-7-13)19-14-10-17-18-11-14/h1-11,15,19H,(H,17,18). The summed E-state index contributed by atoms with van der Waals surface area (Å²) in [5, 5.41) is 10.2. The van der Waals surface area contributed by atoms with Gasteiger partial charge in [-0.25, -0.2) is 0 Å². The number of nitrogens with zero attached hydrogens (tertiary/aromatic N) is 2. The number of rotatable bonds is 4. The second kappa shape index (κ2) is 5.35. The molecule has 2 N–H and O–H groups in total. The maximum atomic E-state index is 4.07. The van der Waals surface area contributed by atoms with Gasteiger partial charge in [0, 0.05) is 18.6 Å². The zero-order chi connectivity index (χ0) is 12.9. The molecule has 2 aromatic heterocycles. The molecule has 0 spiro atoms. The molecule has 0 fully saturated rings. The number of pyridine rings is 1. The molecule has 0 saturated carbocycles. The lowest BCUT2D eigenvalue weighted by atomic mass is 9.99. The van der Waals surface area contributed by atoms with Crippen LogP contribution in [0.2, 0.25) is 0 Å². The summed E-state index contributed by atoms with van der Waals surface area (Å²) >= 11 is 0. The van der Waals surface area contributed by atoms with Crippen LogP contribution in [0.15, 0.2) is 67.3 Å². The van der Waals surface area contributed by atoms with Crippen LogP contribution < -0.4 is 5.32 Å². The van der Waals surface area contributed by atoms with E-state index in [9.17, 15) is 0 Å². The third-order valence-corrected chi connectivity index (χ3v) is 2.98. The van der Waals surface area contributed by atoms with Gasteiger partial charge in [0.25, 0.3) is 0 Å². The van der Waals surface area contributed by atoms with Gasteiger partial charge in [0.1, 0.15) is 0 Å². The zero-order valence-corrected chi connectivity index (χ0v) is 10.3. The van der Waals surface area contributed by atoms with Gasteiger partial charge >= 0.3 is 0 Å². The Kier molecular flexibility index (Phi) is 3.23. The van der Waals surface area contributed by atoms with E-state index >= 15 is 0 Å². The van der Waals surface area contributed by atoms with Gasteiger partial charge in [-0.3, -0.25) is 10.1 Å². The van der Waals surface area contributed by atoms with Gasteiger partial charge in [0.15, 0.2) is 0 Å². The Labute approximate surface area is 111 Å². The quantitative estimate of drug-likeness (QED) is 0.748. The molecule has 1 unspecified atom stereocenters. The molecular weight excluding hydrogens is 236 g/mol. The Balaban J connectivity index is 1.96. The van der Waals surface area contributed by atoms with Gasteiger partial charge in [0.2, 0.25) is 0 Å². The first kappa shape index (κ1) is 11.5. The minimum atomic E-state index is 0.0850. The van der Waals surface area contributed by atoms with Gasteiger partial charge < -0.3 is 5.32 Å². The second-order valence-corrected chi connectivity index (χ2v) is 4.26. The van der Waals surface area contributed by atoms with Crippen molar-refractivity contribution in [3.8, 4) is 0 Å². The van der Waals surface area contributed by atoms with Crippen molar-refractivity contribution < 1.29 is 0 Å². The number of benzene rings is 1. The Morgan fingerprint density at radius 3 is 2.37 bits per heavy atom. The highest BCUT2D eigenvalue weighted by molar-refractivity contribution is 5.46. The number of aromatic nitrogens is 3. The first-order valence-corrected chi connectivity index (χ1v) is 6.13. The van der Waals surface area contributed by atoms with Crippen LogP contribution in [0.4, 0.5) is 5.69 Å². The van der Waals surface area contributed by atoms with Crippen molar-refractivity contribution in [1.82, 2.24) is 15.2 Å². The van der Waals surface area contributed by atoms with E-state index in [1.165, 1.54) is 11.1 Å². The van der Waals surface area contributed by atoms with E-state index < -0.39 is 0 Å². The maximum Gasteiger partial charge on any atom is 0.0769 e. The lowest BCUT2D eigenvalue weighted by molar-refractivity contribution is 0.934. The fraction of sp³-hybridized carbons (Fsp3) is 0.0667. The van der Waals surface area contributed by atoms with Crippen molar-refractivity contribution in [3.05, 3.63) is 78.4 Å². The van der Waals surface area contributed by atoms with Crippen molar-refractivity contribution in [3.63, 3.8) is 0 Å². The Morgan fingerprint density at radius 2 is 1.68 bits per heavy atom. The van der Waals surface area contributed by atoms with Crippen molar-refractivity contribution in [2.24, 2.45) is 0 Å². The van der Waals surface area contributed by atoms with Gasteiger partial charge in [0.05, 0.1) is 17.9 Å². The SMILES string of the molecule is c1ccc(C(Nc2cn[nH]c2)c2ccncc2)cc1. The molecular formula is C15H14N4. The Bertz CT molecular complexity index is 566. The first-order valence-electron chi connectivity index (χ1n) is 6.13. The van der Waals surface area contributed by atoms with Crippen LogP contribution in [0.5, 0.6) is 0 Å². The smallest absolute Gasteiger partial charge is 0.0769 e. The number of H-pyrrole nitrogens is 1. The molecule has 19 heavy (non-hydrogen) atoms. The summed E-state index contributed by atoms with van der Waals surface area (Å²) in [5.74, 6) is 0. The highest BCUT2D eigenvalue weighted by atomic mass is 15.1. The summed E-state index contributed by atoms with van der Waals surface area (Å²) in [6.45, 7) is 0. The summed E-state index contributed by atoms with van der Waals surface area (Å²) in [4.78, 5) is 4.07. The van der Waals surface area contributed by atoms with E-state index in [0.29, 0.717) is 0 Å². The normalized spacial score (nSPS) is 12.0. The number of aromatic amines is 1. The first-order chi connectivity index (χ1) is 9.43. The molecule has 0 saturated heterocycles. The Hall–Kier alpha value is -2.62. The van der Waals surface area contributed by atoms with E-state index in [0.717, 1.165) is 5.69 Å². The number of nitrogens with one attached hydrogen (secondary N) is 2. The van der Waals surface area contributed by atoms with Crippen molar-refractivity contribution >= 4 is 5.69 Å². The summed E-state index contributed by atoms with van der Waals surface area (Å²) in [6.07, 6.45) is 7.24. The minimum Gasteiger partial charge on any atom is -0.372 e. The summed E-state index contributed by atoms with van der Waals surface area (Å²) in [5.41, 5.74) is 3.34. The predicted octanol–water partition coefficient (Wildman–Crippen LogP) is 3.01. The molecule has 0 bridgehead atoms. The fourth-order valence-corrected chi connectivity index (χ4v) is 2.06. The molecule has 0 amide bonds. The van der Waals surface area contributed by atoms with Crippen LogP contribution in [-0.2, 0) is 0 Å². The molecule has 2 heterocycles. The van der Waals surface area contributed by atoms with Crippen LogP contribution in [0, 0.1) is 0 Å². The zero-order valence-electron chi connectivity index (χ0n) is 10.3. The molecule has 4 nitrogen and oxygen atoms in total. The van der Waals surface area contributed by atoms with Gasteiger partial charge in [-0.15, -0.1) is 0 Å². The molecule has 1 atom stereocenters. The Morgan fingerprint density at radius 1 is 0.947 bits per heavy atom. The van der Waals surface area contributed by atoms with E-state index in [4.69, 9.17) is 0 Å². The molecule has 3 aromatic rings. The van der Waals surface area contributed by atoms with Crippen LogP contribution in [0.1, 0.15) is 17.2 Å². The highest BCUT2D eigenvalue weighted by Gasteiger charge is 2.13. The molecule has 0 radical (unpaired) electrons. The molecule has 3 rings (SSSR count). The van der Waals surface area contributed by atoms with E-state index in [-0.39, 0.29) is 6.04 Å². The summed E-state index contributed by atoms with van der Waals surface area (Å²) in [7, 11) is 0.